The lowest BCUT2D eigenvalue weighted by Gasteiger charge is -2.09. The van der Waals surface area contributed by atoms with E-state index >= 15 is 0 Å². The van der Waals surface area contributed by atoms with Gasteiger partial charge in [-0.1, -0.05) is 12.1 Å². The maximum atomic E-state index is 13.2. The van der Waals surface area contributed by atoms with Crippen molar-refractivity contribution in [3.05, 3.63) is 60.0 Å². The zero-order valence-corrected chi connectivity index (χ0v) is 12.0. The summed E-state index contributed by atoms with van der Waals surface area (Å²) in [6.07, 6.45) is 1.93. The summed E-state index contributed by atoms with van der Waals surface area (Å²) in [5.41, 5.74) is 2.13. The fourth-order valence-electron chi connectivity index (χ4n) is 2.42. The van der Waals surface area contributed by atoms with Gasteiger partial charge in [0.15, 0.2) is 0 Å². The lowest BCUT2D eigenvalue weighted by Crippen LogP contribution is -2.14. The van der Waals surface area contributed by atoms with Crippen LogP contribution >= 0.6 is 0 Å². The van der Waals surface area contributed by atoms with Gasteiger partial charge < -0.3 is 15.0 Å². The van der Waals surface area contributed by atoms with Crippen LogP contribution in [0.3, 0.4) is 0 Å². The SMILES string of the molecule is COc1ccccc1NC(=O)Cc1c[nH]c2cc(F)ccc12. The second kappa shape index (κ2) is 5.89. The third-order valence-electron chi connectivity index (χ3n) is 3.46. The second-order valence-corrected chi connectivity index (χ2v) is 4.93. The molecule has 112 valence electrons. The van der Waals surface area contributed by atoms with E-state index in [1.807, 2.05) is 12.1 Å². The van der Waals surface area contributed by atoms with Gasteiger partial charge in [-0.3, -0.25) is 4.79 Å². The standard InChI is InChI=1S/C17H15FN2O2/c1-22-16-5-3-2-4-14(16)20-17(21)8-11-10-19-15-9-12(18)6-7-13(11)15/h2-7,9-10,19H,8H2,1H3,(H,20,21). The number of benzene rings is 2. The van der Waals surface area contributed by atoms with Crippen molar-refractivity contribution in [3.8, 4) is 5.75 Å². The first kappa shape index (κ1) is 14.1. The van der Waals surface area contributed by atoms with Gasteiger partial charge in [-0.05, 0) is 35.9 Å². The maximum absolute atomic E-state index is 13.2. The van der Waals surface area contributed by atoms with Crippen LogP contribution in [0.1, 0.15) is 5.56 Å². The summed E-state index contributed by atoms with van der Waals surface area (Å²) in [4.78, 5) is 15.2. The summed E-state index contributed by atoms with van der Waals surface area (Å²) >= 11 is 0. The zero-order chi connectivity index (χ0) is 15.5. The molecule has 0 fully saturated rings. The van der Waals surface area contributed by atoms with Gasteiger partial charge in [0, 0.05) is 17.1 Å². The van der Waals surface area contributed by atoms with Crippen molar-refractivity contribution in [1.29, 1.82) is 0 Å². The molecule has 1 amide bonds. The average Bonchev–Trinajstić information content (AvgIpc) is 2.89. The Morgan fingerprint density at radius 2 is 2.09 bits per heavy atom. The minimum atomic E-state index is -0.306. The minimum Gasteiger partial charge on any atom is -0.495 e. The van der Waals surface area contributed by atoms with Crippen LogP contribution in [0.15, 0.2) is 48.7 Å². The van der Waals surface area contributed by atoms with E-state index < -0.39 is 0 Å². The van der Waals surface area contributed by atoms with Gasteiger partial charge >= 0.3 is 0 Å². The number of methoxy groups -OCH3 is 1. The van der Waals surface area contributed by atoms with E-state index in [1.54, 1.807) is 31.5 Å². The zero-order valence-electron chi connectivity index (χ0n) is 12.0. The van der Waals surface area contributed by atoms with E-state index in [-0.39, 0.29) is 18.1 Å². The number of carbonyl (C=O) groups is 1. The van der Waals surface area contributed by atoms with E-state index in [9.17, 15) is 9.18 Å². The molecule has 0 bridgehead atoms. The predicted molar refractivity (Wildman–Crippen MR) is 83.6 cm³/mol. The number of halogens is 1. The molecule has 0 spiro atoms. The van der Waals surface area contributed by atoms with Gasteiger partial charge in [0.2, 0.25) is 5.91 Å². The van der Waals surface area contributed by atoms with E-state index in [1.165, 1.54) is 12.1 Å². The average molecular weight is 298 g/mol. The Morgan fingerprint density at radius 1 is 1.27 bits per heavy atom. The molecule has 3 aromatic rings. The van der Waals surface area contributed by atoms with Gasteiger partial charge in [-0.2, -0.15) is 0 Å². The second-order valence-electron chi connectivity index (χ2n) is 4.93. The quantitative estimate of drug-likeness (QED) is 0.774. The minimum absolute atomic E-state index is 0.158. The van der Waals surface area contributed by atoms with Crippen LogP contribution in [-0.2, 0) is 11.2 Å². The summed E-state index contributed by atoms with van der Waals surface area (Å²) in [5.74, 6) is 0.144. The Kier molecular flexibility index (Phi) is 3.78. The molecule has 0 saturated carbocycles. The smallest absolute Gasteiger partial charge is 0.228 e. The molecule has 0 atom stereocenters. The molecular weight excluding hydrogens is 283 g/mol. The summed E-state index contributed by atoms with van der Waals surface area (Å²) in [5, 5.41) is 3.67. The molecule has 3 rings (SSSR count). The van der Waals surface area contributed by atoms with Crippen LogP contribution in [0.4, 0.5) is 10.1 Å². The molecule has 22 heavy (non-hydrogen) atoms. The van der Waals surface area contributed by atoms with Crippen molar-refractivity contribution in [2.24, 2.45) is 0 Å². The number of H-pyrrole nitrogens is 1. The molecular formula is C17H15FN2O2. The van der Waals surface area contributed by atoms with Gasteiger partial charge in [0.25, 0.3) is 0 Å². The van der Waals surface area contributed by atoms with E-state index in [0.29, 0.717) is 17.0 Å². The molecule has 0 aliphatic carbocycles. The maximum Gasteiger partial charge on any atom is 0.228 e. The molecule has 0 radical (unpaired) electrons. The molecule has 2 N–H and O–H groups in total. The van der Waals surface area contributed by atoms with E-state index in [2.05, 4.69) is 10.3 Å². The fraction of sp³-hybridized carbons (Fsp3) is 0.118. The highest BCUT2D eigenvalue weighted by atomic mass is 19.1. The lowest BCUT2D eigenvalue weighted by molar-refractivity contribution is -0.115. The number of aromatic amines is 1. The molecule has 4 nitrogen and oxygen atoms in total. The summed E-state index contributed by atoms with van der Waals surface area (Å²) in [6.45, 7) is 0. The molecule has 0 saturated heterocycles. The van der Waals surface area contributed by atoms with Crippen LogP contribution in [0.2, 0.25) is 0 Å². The van der Waals surface area contributed by atoms with Crippen LogP contribution in [0, 0.1) is 5.82 Å². The van der Waals surface area contributed by atoms with Crippen molar-refractivity contribution in [2.75, 3.05) is 12.4 Å². The summed E-state index contributed by atoms with van der Waals surface area (Å²) < 4.78 is 18.4. The van der Waals surface area contributed by atoms with Crippen LogP contribution in [-0.4, -0.2) is 18.0 Å². The summed E-state index contributed by atoms with van der Waals surface area (Å²) in [6, 6.07) is 11.7. The normalized spacial score (nSPS) is 10.6. The Bertz CT molecular complexity index is 826. The van der Waals surface area contributed by atoms with Crippen molar-refractivity contribution in [2.45, 2.75) is 6.42 Å². The number of hydrogen-bond acceptors (Lipinski definition) is 2. The largest absolute Gasteiger partial charge is 0.495 e. The van der Waals surface area contributed by atoms with Gasteiger partial charge in [-0.15, -0.1) is 0 Å². The number of amides is 1. The first-order valence-corrected chi connectivity index (χ1v) is 6.86. The predicted octanol–water partition coefficient (Wildman–Crippen LogP) is 3.50. The highest BCUT2D eigenvalue weighted by Crippen LogP contribution is 2.24. The number of rotatable bonds is 4. The number of anilines is 1. The molecule has 5 heteroatoms. The third-order valence-corrected chi connectivity index (χ3v) is 3.46. The highest BCUT2D eigenvalue weighted by molar-refractivity contribution is 5.96. The number of nitrogens with one attached hydrogen (secondary N) is 2. The number of aromatic nitrogens is 1. The van der Waals surface area contributed by atoms with Crippen molar-refractivity contribution in [1.82, 2.24) is 4.98 Å². The third kappa shape index (κ3) is 2.79. The highest BCUT2D eigenvalue weighted by Gasteiger charge is 2.11. The molecule has 0 aliphatic rings. The summed E-state index contributed by atoms with van der Waals surface area (Å²) in [7, 11) is 1.55. The van der Waals surface area contributed by atoms with Gasteiger partial charge in [-0.25, -0.2) is 4.39 Å². The van der Waals surface area contributed by atoms with Crippen LogP contribution in [0.25, 0.3) is 10.9 Å². The monoisotopic (exact) mass is 298 g/mol. The molecule has 0 aliphatic heterocycles. The van der Waals surface area contributed by atoms with Crippen molar-refractivity contribution >= 4 is 22.5 Å². The topological polar surface area (TPSA) is 54.1 Å². The Labute approximate surface area is 126 Å². The Morgan fingerprint density at radius 3 is 2.91 bits per heavy atom. The fourth-order valence-corrected chi connectivity index (χ4v) is 2.42. The van der Waals surface area contributed by atoms with Gasteiger partial charge in [0.1, 0.15) is 11.6 Å². The molecule has 0 unspecified atom stereocenters. The first-order valence-electron chi connectivity index (χ1n) is 6.86. The molecule has 1 aromatic heterocycles. The van der Waals surface area contributed by atoms with Crippen molar-refractivity contribution in [3.63, 3.8) is 0 Å². The molecule has 1 heterocycles. The molecule has 2 aromatic carbocycles. The number of para-hydroxylation sites is 2. The van der Waals surface area contributed by atoms with Crippen LogP contribution in [0.5, 0.6) is 5.75 Å². The van der Waals surface area contributed by atoms with Crippen LogP contribution < -0.4 is 10.1 Å². The van der Waals surface area contributed by atoms with Crippen molar-refractivity contribution < 1.29 is 13.9 Å². The number of carbonyl (C=O) groups excluding carboxylic acids is 1. The number of ether oxygens (including phenoxy) is 1. The Hall–Kier alpha value is -2.82. The first-order chi connectivity index (χ1) is 10.7. The number of hydrogen-bond donors (Lipinski definition) is 2. The van der Waals surface area contributed by atoms with Gasteiger partial charge in [0.05, 0.1) is 19.2 Å². The van der Waals surface area contributed by atoms with E-state index in [0.717, 1.165) is 10.9 Å². The Balaban J connectivity index is 1.78. The lowest BCUT2D eigenvalue weighted by atomic mass is 10.1. The number of fused-ring (bicyclic) bond motifs is 1. The van der Waals surface area contributed by atoms with E-state index in [4.69, 9.17) is 4.74 Å².